The molecule has 0 aliphatic heterocycles. The molecule has 0 fully saturated rings. The Balaban J connectivity index is 1.15. The number of aliphatic imine (C=N–C) groups is 1. The van der Waals surface area contributed by atoms with E-state index in [4.69, 9.17) is 20.4 Å². The van der Waals surface area contributed by atoms with Gasteiger partial charge in [0.25, 0.3) is 0 Å². The molecule has 1 N–H and O–H groups in total. The van der Waals surface area contributed by atoms with Crippen molar-refractivity contribution >= 4 is 39.4 Å². The van der Waals surface area contributed by atoms with Crippen LogP contribution in [-0.4, -0.2) is 26.1 Å². The molecule has 0 saturated carbocycles. The van der Waals surface area contributed by atoms with Crippen LogP contribution in [0.4, 0.5) is 0 Å². The fourth-order valence-electron chi connectivity index (χ4n) is 8.78. The zero-order valence-corrected chi connectivity index (χ0v) is 36.5. The van der Waals surface area contributed by atoms with E-state index in [1.807, 2.05) is 103 Å². The van der Waals surface area contributed by atoms with E-state index in [0.29, 0.717) is 11.5 Å². The van der Waals surface area contributed by atoms with Crippen LogP contribution in [0, 0.1) is 5.41 Å². The van der Waals surface area contributed by atoms with Gasteiger partial charge in [0.15, 0.2) is 11.7 Å². The topological polar surface area (TPSA) is 66.9 Å². The van der Waals surface area contributed by atoms with Crippen LogP contribution in [0.25, 0.3) is 89.7 Å². The number of aromatic nitrogens is 3. The molecule has 11 rings (SSSR count). The summed E-state index contributed by atoms with van der Waals surface area (Å²) in [6.45, 7) is 0. The number of nitrogens with zero attached hydrogens (tertiary/aromatic N) is 4. The third kappa shape index (κ3) is 8.41. The van der Waals surface area contributed by atoms with Gasteiger partial charge >= 0.3 is 0 Å². The minimum absolute atomic E-state index is 0.187. The minimum atomic E-state index is 0.187. The van der Waals surface area contributed by atoms with Crippen molar-refractivity contribution in [3.63, 3.8) is 0 Å². The van der Waals surface area contributed by atoms with E-state index in [9.17, 15) is 0 Å². The van der Waals surface area contributed by atoms with Gasteiger partial charge in [-0.2, -0.15) is 0 Å². The zero-order valence-electron chi connectivity index (χ0n) is 36.5. The van der Waals surface area contributed by atoms with Crippen LogP contribution >= 0.6 is 0 Å². The number of rotatable bonds is 10. The van der Waals surface area contributed by atoms with Gasteiger partial charge in [0, 0.05) is 38.6 Å². The molecule has 2 heterocycles. The number of fused-ring (bicyclic) bond motifs is 3. The SMILES string of the molecule is N=C(/N=C(\C=C\c1cc(-c2cc(-c3ccccc3)nc(-c3ccccc3)n2)ccc1-n1c2ccc(-c3ccccc3)cc2c2cc(-c3ccccc3)ccc21)c1ccccc1)c1ccccc1. The average Bonchev–Trinajstić information content (AvgIpc) is 3.73. The maximum Gasteiger partial charge on any atom is 0.160 e. The van der Waals surface area contributed by atoms with E-state index in [2.05, 4.69) is 156 Å². The number of hydrogen-bond donors (Lipinski definition) is 1. The van der Waals surface area contributed by atoms with Crippen LogP contribution in [-0.2, 0) is 0 Å². The predicted molar refractivity (Wildman–Crippen MR) is 279 cm³/mol. The molecule has 0 unspecified atom stereocenters. The zero-order chi connectivity index (χ0) is 44.9. The van der Waals surface area contributed by atoms with E-state index in [0.717, 1.165) is 83.4 Å². The van der Waals surface area contributed by atoms with E-state index >= 15 is 0 Å². The monoisotopic (exact) mass is 857 g/mol. The maximum absolute atomic E-state index is 9.08. The Morgan fingerprint density at radius 3 is 1.39 bits per heavy atom. The summed E-state index contributed by atoms with van der Waals surface area (Å²) in [5.41, 5.74) is 15.6. The molecule has 5 nitrogen and oxygen atoms in total. The van der Waals surface area contributed by atoms with Gasteiger partial charge in [-0.3, -0.25) is 5.41 Å². The summed E-state index contributed by atoms with van der Waals surface area (Å²) >= 11 is 0. The predicted octanol–water partition coefficient (Wildman–Crippen LogP) is 15.4. The summed E-state index contributed by atoms with van der Waals surface area (Å²) in [6.07, 6.45) is 4.17. The van der Waals surface area contributed by atoms with Gasteiger partial charge in [-0.1, -0.05) is 206 Å². The summed E-state index contributed by atoms with van der Waals surface area (Å²) in [5.74, 6) is 0.841. The number of hydrogen-bond acceptors (Lipinski definition) is 3. The molecule has 9 aromatic carbocycles. The fraction of sp³-hybridized carbons (Fsp3) is 0. The first-order valence-electron chi connectivity index (χ1n) is 22.4. The Bertz CT molecular complexity index is 3450. The molecule has 2 aromatic heterocycles. The number of allylic oxidation sites excluding steroid dienone is 1. The summed E-state index contributed by atoms with van der Waals surface area (Å²) in [4.78, 5) is 15.3. The molecule has 11 aromatic rings. The standard InChI is InChI=1S/C62H43N5/c63-61(47-27-15-5-16-28-47)64-55(45-23-11-3-12-24-45)35-31-52-39-51(57-42-56(46-25-13-4-14-26-46)65-62(66-57)48-29-17-6-18-30-48)34-36-58(52)67-59-37-32-49(43-19-7-1-8-20-43)40-53(59)54-41-50(33-38-60(54)67)44-21-9-2-10-22-44/h1-42,63H/b35-31+,63-61?,64-55+. The van der Waals surface area contributed by atoms with Crippen LogP contribution in [0.15, 0.2) is 254 Å². The average molecular weight is 858 g/mol. The smallest absolute Gasteiger partial charge is 0.160 e. The lowest BCUT2D eigenvalue weighted by Crippen LogP contribution is -2.04. The molecule has 0 amide bonds. The minimum Gasteiger partial charge on any atom is -0.309 e. The summed E-state index contributed by atoms with van der Waals surface area (Å²) in [7, 11) is 0. The highest BCUT2D eigenvalue weighted by molar-refractivity contribution is 6.18. The number of amidine groups is 1. The Kier molecular flexibility index (Phi) is 11.1. The highest BCUT2D eigenvalue weighted by atomic mass is 15.0. The highest BCUT2D eigenvalue weighted by Crippen LogP contribution is 2.39. The summed E-state index contributed by atoms with van der Waals surface area (Å²) < 4.78 is 2.38. The van der Waals surface area contributed by atoms with Gasteiger partial charge in [0.05, 0.1) is 33.8 Å². The first-order chi connectivity index (χ1) is 33.1. The molecule has 0 saturated heterocycles. The van der Waals surface area contributed by atoms with E-state index in [-0.39, 0.29) is 5.84 Å². The molecule has 0 bridgehead atoms. The molecular weight excluding hydrogens is 815 g/mol. The van der Waals surface area contributed by atoms with Crippen molar-refractivity contribution in [2.24, 2.45) is 4.99 Å². The quantitative estimate of drug-likeness (QED) is 0.110. The second-order valence-corrected chi connectivity index (χ2v) is 16.4. The highest BCUT2D eigenvalue weighted by Gasteiger charge is 2.19. The van der Waals surface area contributed by atoms with Gasteiger partial charge in [0.2, 0.25) is 0 Å². The molecular formula is C62H43N5. The number of nitrogens with one attached hydrogen (secondary N) is 1. The molecule has 0 atom stereocenters. The molecule has 0 radical (unpaired) electrons. The van der Waals surface area contributed by atoms with Crippen LogP contribution in [0.3, 0.4) is 0 Å². The van der Waals surface area contributed by atoms with E-state index in [1.165, 1.54) is 11.1 Å². The molecule has 316 valence electrons. The van der Waals surface area contributed by atoms with E-state index in [1.54, 1.807) is 0 Å². The Morgan fingerprint density at radius 1 is 0.403 bits per heavy atom. The van der Waals surface area contributed by atoms with Crippen LogP contribution in [0.2, 0.25) is 0 Å². The normalized spacial score (nSPS) is 11.7. The van der Waals surface area contributed by atoms with Crippen LogP contribution in [0.1, 0.15) is 16.7 Å². The second-order valence-electron chi connectivity index (χ2n) is 16.4. The molecule has 0 aliphatic carbocycles. The van der Waals surface area contributed by atoms with Crippen molar-refractivity contribution in [1.82, 2.24) is 14.5 Å². The Hall–Kier alpha value is -9.06. The van der Waals surface area contributed by atoms with Crippen molar-refractivity contribution in [2.75, 3.05) is 0 Å². The third-order valence-electron chi connectivity index (χ3n) is 12.1. The number of benzene rings is 9. The van der Waals surface area contributed by atoms with Crippen molar-refractivity contribution in [3.05, 3.63) is 265 Å². The summed E-state index contributed by atoms with van der Waals surface area (Å²) in [5, 5.41) is 11.4. The van der Waals surface area contributed by atoms with Gasteiger partial charge in [0.1, 0.15) is 0 Å². The summed E-state index contributed by atoms with van der Waals surface area (Å²) in [6, 6.07) is 83.6. The lowest BCUT2D eigenvalue weighted by Gasteiger charge is -2.15. The Morgan fingerprint density at radius 2 is 0.851 bits per heavy atom. The third-order valence-corrected chi connectivity index (χ3v) is 12.1. The largest absolute Gasteiger partial charge is 0.309 e. The van der Waals surface area contributed by atoms with E-state index < -0.39 is 0 Å². The van der Waals surface area contributed by atoms with Gasteiger partial charge < -0.3 is 4.57 Å². The van der Waals surface area contributed by atoms with Gasteiger partial charge in [-0.25, -0.2) is 15.0 Å². The Labute approximate surface area is 389 Å². The second kappa shape index (κ2) is 18.2. The lowest BCUT2D eigenvalue weighted by atomic mass is 10.0. The maximum atomic E-state index is 9.08. The van der Waals surface area contributed by atoms with Crippen molar-refractivity contribution in [3.8, 4) is 61.8 Å². The molecule has 0 aliphatic rings. The molecule has 67 heavy (non-hydrogen) atoms. The van der Waals surface area contributed by atoms with Gasteiger partial charge in [-0.15, -0.1) is 0 Å². The first kappa shape index (κ1) is 40.7. The van der Waals surface area contributed by atoms with Crippen molar-refractivity contribution in [1.29, 1.82) is 5.41 Å². The van der Waals surface area contributed by atoms with Crippen molar-refractivity contribution < 1.29 is 0 Å². The molecule has 5 heteroatoms. The molecule has 0 spiro atoms. The van der Waals surface area contributed by atoms with Crippen molar-refractivity contribution in [2.45, 2.75) is 0 Å². The van der Waals surface area contributed by atoms with Crippen LogP contribution in [0.5, 0.6) is 0 Å². The first-order valence-corrected chi connectivity index (χ1v) is 22.4. The van der Waals surface area contributed by atoms with Gasteiger partial charge in [-0.05, 0) is 76.4 Å². The fourth-order valence-corrected chi connectivity index (χ4v) is 8.78. The van der Waals surface area contributed by atoms with Crippen LogP contribution < -0.4 is 0 Å². The lowest BCUT2D eigenvalue weighted by molar-refractivity contribution is 1.16.